The van der Waals surface area contributed by atoms with Gasteiger partial charge in [-0.2, -0.15) is 13.2 Å². The molecule has 0 spiro atoms. The Hall–Kier alpha value is -2.57. The number of likely N-dealkylation sites (tertiary alicyclic amines) is 1. The largest absolute Gasteiger partial charge is 0.494 e. The monoisotopic (exact) mass is 700 g/mol. The molecule has 2 aliphatic rings. The van der Waals surface area contributed by atoms with Crippen LogP contribution in [0.5, 0.6) is 5.75 Å². The lowest BCUT2D eigenvalue weighted by molar-refractivity contribution is -0.192. The van der Waals surface area contributed by atoms with Crippen molar-refractivity contribution < 1.29 is 27.8 Å². The van der Waals surface area contributed by atoms with Crippen LogP contribution in [-0.4, -0.2) is 72.5 Å². The van der Waals surface area contributed by atoms with Gasteiger partial charge in [-0.3, -0.25) is 4.90 Å². The highest BCUT2D eigenvalue weighted by Gasteiger charge is 2.38. The van der Waals surface area contributed by atoms with Crippen molar-refractivity contribution in [1.82, 2.24) is 15.2 Å². The standard InChI is InChI=1S/C31H40Cl2N4OS.C2HF3O2/c32-28-12-7-24(21-29(28)33)22-36-18-13-26(14-19-36)34-15-3-6-20-38-27-10-8-25(9-11-27)30-23-39-31(35-30)37-16-4-1-2-5-17-37;3-2(4,5)1(6)7/h7-12,21,23,26,34H,1-6,13-20,22H2;(H,6,7). The number of carboxylic acid groups (broad SMARTS) is 1. The Balaban J connectivity index is 0.000000617. The Morgan fingerprint density at radius 1 is 0.978 bits per heavy atom. The van der Waals surface area contributed by atoms with E-state index < -0.39 is 12.1 Å². The molecule has 2 fully saturated rings. The first-order valence-corrected chi connectivity index (χ1v) is 17.4. The summed E-state index contributed by atoms with van der Waals surface area (Å²) in [5.74, 6) is -1.82. The summed E-state index contributed by atoms with van der Waals surface area (Å²) in [5.41, 5.74) is 3.45. The molecular weight excluding hydrogens is 660 g/mol. The number of unbranched alkanes of at least 4 members (excludes halogenated alkanes) is 1. The van der Waals surface area contributed by atoms with E-state index in [9.17, 15) is 13.2 Å². The minimum Gasteiger partial charge on any atom is -0.494 e. The van der Waals surface area contributed by atoms with E-state index in [1.54, 1.807) is 11.3 Å². The van der Waals surface area contributed by atoms with Crippen molar-refractivity contribution in [2.24, 2.45) is 0 Å². The summed E-state index contributed by atoms with van der Waals surface area (Å²) >= 11 is 14.0. The van der Waals surface area contributed by atoms with Crippen molar-refractivity contribution in [3.63, 3.8) is 0 Å². The maximum absolute atomic E-state index is 10.6. The van der Waals surface area contributed by atoms with Crippen LogP contribution in [0.2, 0.25) is 10.0 Å². The molecule has 7 nitrogen and oxygen atoms in total. The zero-order valence-electron chi connectivity index (χ0n) is 25.7. The summed E-state index contributed by atoms with van der Waals surface area (Å²) in [6.45, 7) is 7.22. The molecular formula is C33H41Cl2F3N4O3S. The number of nitrogens with zero attached hydrogens (tertiary/aromatic N) is 3. The van der Waals surface area contributed by atoms with Crippen molar-refractivity contribution in [3.8, 4) is 17.0 Å². The number of ether oxygens (including phenoxy) is 1. The molecule has 0 atom stereocenters. The minimum absolute atomic E-state index is 0.606. The Kier molecular flexibility index (Phi) is 14.3. The molecule has 2 aliphatic heterocycles. The minimum atomic E-state index is -5.08. The van der Waals surface area contributed by atoms with Gasteiger partial charge in [0, 0.05) is 36.6 Å². The zero-order chi connectivity index (χ0) is 32.9. The quantitative estimate of drug-likeness (QED) is 0.194. The fourth-order valence-corrected chi connectivity index (χ4v) is 6.65. The number of anilines is 1. The molecule has 2 N–H and O–H groups in total. The number of halogens is 5. The number of piperidine rings is 1. The van der Waals surface area contributed by atoms with Crippen LogP contribution in [0.25, 0.3) is 11.3 Å². The number of alkyl halides is 3. The van der Waals surface area contributed by atoms with Gasteiger partial charge in [-0.1, -0.05) is 42.1 Å². The van der Waals surface area contributed by atoms with Crippen molar-refractivity contribution >= 4 is 45.6 Å². The van der Waals surface area contributed by atoms with Crippen LogP contribution in [0, 0.1) is 0 Å². The summed E-state index contributed by atoms with van der Waals surface area (Å²) in [6.07, 6.45) is 4.70. The zero-order valence-corrected chi connectivity index (χ0v) is 28.0. The molecule has 46 heavy (non-hydrogen) atoms. The van der Waals surface area contributed by atoms with E-state index >= 15 is 0 Å². The van der Waals surface area contributed by atoms with Gasteiger partial charge in [0.25, 0.3) is 0 Å². The van der Waals surface area contributed by atoms with E-state index in [2.05, 4.69) is 50.8 Å². The van der Waals surface area contributed by atoms with Crippen LogP contribution in [0.1, 0.15) is 56.9 Å². The number of aliphatic carboxylic acids is 1. The first-order chi connectivity index (χ1) is 22.1. The van der Waals surface area contributed by atoms with Gasteiger partial charge in [0.2, 0.25) is 0 Å². The van der Waals surface area contributed by atoms with Crippen LogP contribution in [0.15, 0.2) is 47.8 Å². The number of hydrogen-bond acceptors (Lipinski definition) is 7. The second kappa shape index (κ2) is 18.1. The van der Waals surface area contributed by atoms with Crippen LogP contribution in [-0.2, 0) is 11.3 Å². The Morgan fingerprint density at radius 3 is 2.28 bits per heavy atom. The third-order valence-corrected chi connectivity index (χ3v) is 9.65. The normalized spacial score (nSPS) is 16.4. The molecule has 3 aromatic rings. The Labute approximate surface area is 282 Å². The maximum atomic E-state index is 10.6. The van der Waals surface area contributed by atoms with Gasteiger partial charge in [0.1, 0.15) is 5.75 Å². The number of aromatic nitrogens is 1. The summed E-state index contributed by atoms with van der Waals surface area (Å²) in [4.78, 5) is 18.8. The topological polar surface area (TPSA) is 77.9 Å². The first-order valence-electron chi connectivity index (χ1n) is 15.7. The summed E-state index contributed by atoms with van der Waals surface area (Å²) in [5, 5.41) is 15.5. The molecule has 2 aromatic carbocycles. The Bertz CT molecular complexity index is 1360. The van der Waals surface area contributed by atoms with Crippen molar-refractivity contribution in [1.29, 1.82) is 0 Å². The molecule has 0 radical (unpaired) electrons. The maximum Gasteiger partial charge on any atom is 0.490 e. The lowest BCUT2D eigenvalue weighted by Gasteiger charge is -2.32. The van der Waals surface area contributed by atoms with E-state index in [0.29, 0.717) is 16.1 Å². The molecule has 0 saturated carbocycles. The molecule has 0 amide bonds. The van der Waals surface area contributed by atoms with Crippen molar-refractivity contribution in [3.05, 3.63) is 63.5 Å². The lowest BCUT2D eigenvalue weighted by atomic mass is 10.0. The van der Waals surface area contributed by atoms with Gasteiger partial charge in [-0.25, -0.2) is 9.78 Å². The SMILES string of the molecule is Clc1ccc(CN2CCC(NCCCCOc3ccc(-c4csc(N5CCCCCC5)n4)cc3)CC2)cc1Cl.O=C(O)C(F)(F)F. The number of thiazole rings is 1. The third-order valence-electron chi connectivity index (χ3n) is 8.01. The molecule has 252 valence electrons. The average Bonchev–Trinajstić information content (AvgIpc) is 3.37. The van der Waals surface area contributed by atoms with E-state index in [1.165, 1.54) is 44.1 Å². The second-order valence-corrected chi connectivity index (χ2v) is 13.2. The Morgan fingerprint density at radius 2 is 1.65 bits per heavy atom. The predicted molar refractivity (Wildman–Crippen MR) is 179 cm³/mol. The molecule has 0 bridgehead atoms. The van der Waals surface area contributed by atoms with Gasteiger partial charge in [0.15, 0.2) is 5.13 Å². The third kappa shape index (κ3) is 11.9. The van der Waals surface area contributed by atoms with Gasteiger partial charge in [-0.05, 0) is 100 Å². The van der Waals surface area contributed by atoms with Crippen LogP contribution in [0.4, 0.5) is 18.3 Å². The van der Waals surface area contributed by atoms with Crippen LogP contribution in [0.3, 0.4) is 0 Å². The molecule has 1 aromatic heterocycles. The van der Waals surface area contributed by atoms with E-state index in [4.69, 9.17) is 42.8 Å². The second-order valence-electron chi connectivity index (χ2n) is 11.6. The molecule has 5 rings (SSSR count). The van der Waals surface area contributed by atoms with Gasteiger partial charge < -0.3 is 20.1 Å². The number of carboxylic acids is 1. The number of benzene rings is 2. The first kappa shape index (κ1) is 36.3. The summed E-state index contributed by atoms with van der Waals surface area (Å²) in [6, 6.07) is 15.0. The van der Waals surface area contributed by atoms with E-state index in [1.807, 2.05) is 12.1 Å². The molecule has 0 unspecified atom stereocenters. The van der Waals surface area contributed by atoms with Crippen molar-refractivity contribution in [2.75, 3.05) is 44.2 Å². The summed E-state index contributed by atoms with van der Waals surface area (Å²) in [7, 11) is 0. The molecule has 2 saturated heterocycles. The van der Waals surface area contributed by atoms with Gasteiger partial charge in [0.05, 0.1) is 22.3 Å². The predicted octanol–water partition coefficient (Wildman–Crippen LogP) is 8.54. The lowest BCUT2D eigenvalue weighted by Crippen LogP contribution is -2.42. The highest BCUT2D eigenvalue weighted by molar-refractivity contribution is 7.14. The van der Waals surface area contributed by atoms with E-state index in [-0.39, 0.29) is 0 Å². The fraction of sp³-hybridized carbons (Fsp3) is 0.515. The van der Waals surface area contributed by atoms with Gasteiger partial charge >= 0.3 is 12.1 Å². The molecule has 0 aliphatic carbocycles. The average molecular weight is 702 g/mol. The van der Waals surface area contributed by atoms with Crippen molar-refractivity contribution in [2.45, 2.75) is 70.1 Å². The number of rotatable bonds is 11. The highest BCUT2D eigenvalue weighted by Crippen LogP contribution is 2.30. The fourth-order valence-electron chi connectivity index (χ4n) is 5.44. The van der Waals surface area contributed by atoms with E-state index in [0.717, 1.165) is 80.9 Å². The summed E-state index contributed by atoms with van der Waals surface area (Å²) < 4.78 is 37.7. The number of hydrogen-bond donors (Lipinski definition) is 2. The number of nitrogens with one attached hydrogen (secondary N) is 1. The molecule has 13 heteroatoms. The van der Waals surface area contributed by atoms with Gasteiger partial charge in [-0.15, -0.1) is 11.3 Å². The number of carbonyl (C=O) groups is 1. The highest BCUT2D eigenvalue weighted by atomic mass is 35.5. The smallest absolute Gasteiger partial charge is 0.490 e. The van der Waals surface area contributed by atoms with Crippen LogP contribution < -0.4 is 15.0 Å². The van der Waals surface area contributed by atoms with Crippen LogP contribution >= 0.6 is 34.5 Å². The molecule has 3 heterocycles.